The Morgan fingerprint density at radius 3 is 2.76 bits per heavy atom. The van der Waals surface area contributed by atoms with Gasteiger partial charge in [0.05, 0.1) is 0 Å². The summed E-state index contributed by atoms with van der Waals surface area (Å²) in [5.74, 6) is -0.577. The van der Waals surface area contributed by atoms with Crippen molar-refractivity contribution >= 4 is 23.2 Å². The summed E-state index contributed by atoms with van der Waals surface area (Å²) in [4.78, 5) is 13.9. The molecule has 0 amide bonds. The Balaban J connectivity index is 2.14. The van der Waals surface area contributed by atoms with Crippen LogP contribution in [0.3, 0.4) is 0 Å². The van der Waals surface area contributed by atoms with Crippen LogP contribution in [0.25, 0.3) is 6.08 Å². The molecular formula is C14H11FOS. The Bertz CT molecular complexity index is 569. The van der Waals surface area contributed by atoms with Gasteiger partial charge in [-0.15, -0.1) is 11.3 Å². The fourth-order valence-corrected chi connectivity index (χ4v) is 2.22. The first kappa shape index (κ1) is 11.7. The largest absolute Gasteiger partial charge is 0.289 e. The maximum Gasteiger partial charge on any atom is 0.185 e. The molecule has 0 N–H and O–H groups in total. The van der Waals surface area contributed by atoms with Crippen molar-refractivity contribution in [2.24, 2.45) is 0 Å². The molecule has 0 fully saturated rings. The summed E-state index contributed by atoms with van der Waals surface area (Å²) in [7, 11) is 0. The molecule has 0 unspecified atom stereocenters. The van der Waals surface area contributed by atoms with Crippen LogP contribution in [-0.2, 0) is 0 Å². The maximum absolute atomic E-state index is 12.9. The molecule has 0 spiro atoms. The highest BCUT2D eigenvalue weighted by Crippen LogP contribution is 2.17. The third-order valence-corrected chi connectivity index (χ3v) is 3.24. The zero-order valence-corrected chi connectivity index (χ0v) is 10.1. The van der Waals surface area contributed by atoms with Crippen LogP contribution < -0.4 is 0 Å². The van der Waals surface area contributed by atoms with Crippen molar-refractivity contribution in [1.82, 2.24) is 0 Å². The van der Waals surface area contributed by atoms with E-state index in [0.717, 1.165) is 4.88 Å². The molecule has 86 valence electrons. The number of allylic oxidation sites excluding steroid dienone is 1. The number of thiophene rings is 1. The molecular weight excluding hydrogens is 235 g/mol. The van der Waals surface area contributed by atoms with Crippen molar-refractivity contribution in [2.45, 2.75) is 6.92 Å². The van der Waals surface area contributed by atoms with Gasteiger partial charge < -0.3 is 0 Å². The van der Waals surface area contributed by atoms with E-state index in [9.17, 15) is 9.18 Å². The first-order valence-electron chi connectivity index (χ1n) is 5.19. The molecule has 0 saturated heterocycles. The second-order valence-corrected chi connectivity index (χ2v) is 4.98. The summed E-state index contributed by atoms with van der Waals surface area (Å²) in [6, 6.07) is 9.66. The Kier molecular flexibility index (Phi) is 3.49. The van der Waals surface area contributed by atoms with Gasteiger partial charge in [-0.05, 0) is 43.3 Å². The van der Waals surface area contributed by atoms with E-state index >= 15 is 0 Å². The number of carbonyl (C=O) groups is 1. The third-order valence-electron chi connectivity index (χ3n) is 2.27. The highest BCUT2D eigenvalue weighted by Gasteiger charge is 2.02. The van der Waals surface area contributed by atoms with Crippen LogP contribution in [0.5, 0.6) is 0 Å². The van der Waals surface area contributed by atoms with Gasteiger partial charge in [-0.3, -0.25) is 4.79 Å². The van der Waals surface area contributed by atoms with Crippen molar-refractivity contribution in [1.29, 1.82) is 0 Å². The van der Waals surface area contributed by atoms with Gasteiger partial charge in [-0.25, -0.2) is 4.39 Å². The molecule has 0 radical (unpaired) electrons. The molecule has 2 aromatic rings. The molecule has 1 aromatic carbocycles. The Labute approximate surface area is 103 Å². The molecule has 0 saturated carbocycles. The second kappa shape index (κ2) is 5.06. The van der Waals surface area contributed by atoms with Crippen molar-refractivity contribution in [2.75, 3.05) is 0 Å². The van der Waals surface area contributed by atoms with E-state index in [2.05, 4.69) is 0 Å². The van der Waals surface area contributed by atoms with Crippen molar-refractivity contribution in [3.05, 3.63) is 63.6 Å². The third kappa shape index (κ3) is 3.11. The summed E-state index contributed by atoms with van der Waals surface area (Å²) < 4.78 is 12.9. The minimum absolute atomic E-state index is 0.185. The molecule has 0 aliphatic heterocycles. The molecule has 3 heteroatoms. The van der Waals surface area contributed by atoms with E-state index in [1.807, 2.05) is 19.1 Å². The van der Waals surface area contributed by atoms with Crippen molar-refractivity contribution in [3.8, 4) is 0 Å². The zero-order valence-electron chi connectivity index (χ0n) is 9.31. The highest BCUT2D eigenvalue weighted by atomic mass is 32.1. The number of benzene rings is 1. The first-order chi connectivity index (χ1) is 8.15. The number of halogens is 1. The van der Waals surface area contributed by atoms with Gasteiger partial charge in [0, 0.05) is 15.3 Å². The van der Waals surface area contributed by atoms with Crippen LogP contribution in [-0.4, -0.2) is 5.78 Å². The SMILES string of the molecule is Cc1ccc(/C=C/C(=O)c2cccc(F)c2)s1. The quantitative estimate of drug-likeness (QED) is 0.589. The molecule has 1 nitrogen and oxygen atoms in total. The number of aryl methyl sites for hydroxylation is 1. The van der Waals surface area contributed by atoms with Gasteiger partial charge in [0.15, 0.2) is 5.78 Å². The second-order valence-electron chi connectivity index (χ2n) is 3.66. The zero-order chi connectivity index (χ0) is 12.3. The molecule has 0 bridgehead atoms. The van der Waals surface area contributed by atoms with E-state index in [0.29, 0.717) is 5.56 Å². The van der Waals surface area contributed by atoms with Crippen LogP contribution >= 0.6 is 11.3 Å². The highest BCUT2D eigenvalue weighted by molar-refractivity contribution is 7.12. The van der Waals surface area contributed by atoms with Crippen molar-refractivity contribution < 1.29 is 9.18 Å². The molecule has 2 rings (SSSR count). The minimum Gasteiger partial charge on any atom is -0.289 e. The first-order valence-corrected chi connectivity index (χ1v) is 6.01. The topological polar surface area (TPSA) is 17.1 Å². The number of ketones is 1. The number of hydrogen-bond donors (Lipinski definition) is 0. The summed E-state index contributed by atoms with van der Waals surface area (Å²) in [6.07, 6.45) is 3.23. The van der Waals surface area contributed by atoms with Gasteiger partial charge in [-0.2, -0.15) is 0 Å². The van der Waals surface area contributed by atoms with E-state index in [1.54, 1.807) is 23.5 Å². The lowest BCUT2D eigenvalue weighted by atomic mass is 10.1. The number of hydrogen-bond acceptors (Lipinski definition) is 2. The lowest BCUT2D eigenvalue weighted by Gasteiger charge is -1.94. The average molecular weight is 246 g/mol. The number of carbonyl (C=O) groups excluding carboxylic acids is 1. The fraction of sp³-hybridized carbons (Fsp3) is 0.0714. The van der Waals surface area contributed by atoms with E-state index in [-0.39, 0.29) is 5.78 Å². The molecule has 0 aliphatic carbocycles. The van der Waals surface area contributed by atoms with Crippen LogP contribution in [0.1, 0.15) is 20.1 Å². The summed E-state index contributed by atoms with van der Waals surface area (Å²) in [5, 5.41) is 0. The lowest BCUT2D eigenvalue weighted by Crippen LogP contribution is -1.94. The van der Waals surface area contributed by atoms with E-state index in [1.165, 1.54) is 29.2 Å². The number of rotatable bonds is 3. The van der Waals surface area contributed by atoms with Gasteiger partial charge in [-0.1, -0.05) is 12.1 Å². The van der Waals surface area contributed by atoms with Crippen LogP contribution in [0.2, 0.25) is 0 Å². The minimum atomic E-state index is -0.392. The smallest absolute Gasteiger partial charge is 0.185 e. The van der Waals surface area contributed by atoms with Crippen LogP contribution in [0.4, 0.5) is 4.39 Å². The van der Waals surface area contributed by atoms with Crippen LogP contribution in [0, 0.1) is 12.7 Å². The monoisotopic (exact) mass is 246 g/mol. The van der Waals surface area contributed by atoms with Crippen LogP contribution in [0.15, 0.2) is 42.5 Å². The van der Waals surface area contributed by atoms with Gasteiger partial charge in [0.2, 0.25) is 0 Å². The van der Waals surface area contributed by atoms with E-state index < -0.39 is 5.82 Å². The predicted octanol–water partition coefficient (Wildman–Crippen LogP) is 4.09. The molecule has 1 heterocycles. The van der Waals surface area contributed by atoms with E-state index in [4.69, 9.17) is 0 Å². The summed E-state index contributed by atoms with van der Waals surface area (Å²) >= 11 is 1.61. The summed E-state index contributed by atoms with van der Waals surface area (Å²) in [6.45, 7) is 2.01. The molecule has 1 aromatic heterocycles. The molecule has 17 heavy (non-hydrogen) atoms. The van der Waals surface area contributed by atoms with Gasteiger partial charge in [0.25, 0.3) is 0 Å². The standard InChI is InChI=1S/C14H11FOS/c1-10-5-6-13(17-10)7-8-14(16)11-3-2-4-12(15)9-11/h2-9H,1H3/b8-7+. The molecule has 0 aliphatic rings. The predicted molar refractivity (Wildman–Crippen MR) is 68.8 cm³/mol. The summed E-state index contributed by atoms with van der Waals surface area (Å²) in [5.41, 5.74) is 0.370. The fourth-order valence-electron chi connectivity index (χ4n) is 1.44. The Morgan fingerprint density at radius 1 is 1.29 bits per heavy atom. The maximum atomic E-state index is 12.9. The normalized spacial score (nSPS) is 10.9. The lowest BCUT2D eigenvalue weighted by molar-refractivity contribution is 0.104. The Morgan fingerprint density at radius 2 is 2.12 bits per heavy atom. The Hall–Kier alpha value is -1.74. The van der Waals surface area contributed by atoms with Gasteiger partial charge >= 0.3 is 0 Å². The molecule has 0 atom stereocenters. The van der Waals surface area contributed by atoms with Crippen molar-refractivity contribution in [3.63, 3.8) is 0 Å². The average Bonchev–Trinajstić information content (AvgIpc) is 2.72. The van der Waals surface area contributed by atoms with Gasteiger partial charge in [0.1, 0.15) is 5.82 Å².